The highest BCUT2D eigenvalue weighted by Gasteiger charge is 2.41. The van der Waals surface area contributed by atoms with Gasteiger partial charge in [-0.15, -0.1) is 22.7 Å². The summed E-state index contributed by atoms with van der Waals surface area (Å²) in [5, 5.41) is 3.97. The van der Waals surface area contributed by atoms with Crippen LogP contribution < -0.4 is 9.24 Å². The van der Waals surface area contributed by atoms with Gasteiger partial charge in [-0.3, -0.25) is 4.57 Å². The Hall–Kier alpha value is -2.39. The number of benzene rings is 2. The van der Waals surface area contributed by atoms with Gasteiger partial charge in [0.25, 0.3) is 0 Å². The molecule has 5 rings (SSSR count). The fraction of sp³-hybridized carbons (Fsp3) is 0.0833. The quantitative estimate of drug-likeness (QED) is 0.340. The lowest BCUT2D eigenvalue weighted by Gasteiger charge is -2.28. The van der Waals surface area contributed by atoms with E-state index in [0.717, 1.165) is 31.5 Å². The Morgan fingerprint density at radius 1 is 0.759 bits per heavy atom. The van der Waals surface area contributed by atoms with Crippen molar-refractivity contribution in [1.82, 2.24) is 0 Å². The predicted molar refractivity (Wildman–Crippen MR) is 125 cm³/mol. The molecule has 2 nitrogen and oxygen atoms in total. The minimum Gasteiger partial charge on any atom is -0.435 e. The maximum Gasteiger partial charge on any atom is 0.326 e. The Kier molecular flexibility index (Phi) is 4.59. The van der Waals surface area contributed by atoms with Crippen LogP contribution in [0.2, 0.25) is 0 Å². The van der Waals surface area contributed by atoms with Crippen LogP contribution in [0.4, 0.5) is 0 Å². The molecular weight excluding hydrogens is 415 g/mol. The van der Waals surface area contributed by atoms with Crippen molar-refractivity contribution in [3.05, 3.63) is 105 Å². The molecule has 5 heteroatoms. The summed E-state index contributed by atoms with van der Waals surface area (Å²) in [6.45, 7) is 4.14. The summed E-state index contributed by atoms with van der Waals surface area (Å²) < 4.78 is 22.3. The molecule has 0 spiro atoms. The van der Waals surface area contributed by atoms with Crippen LogP contribution in [0.3, 0.4) is 0 Å². The summed E-state index contributed by atoms with van der Waals surface area (Å²) in [6.07, 6.45) is 0. The van der Waals surface area contributed by atoms with Crippen molar-refractivity contribution < 1.29 is 9.09 Å². The highest BCUT2D eigenvalue weighted by atomic mass is 32.1. The van der Waals surface area contributed by atoms with E-state index in [-0.39, 0.29) is 0 Å². The maximum atomic E-state index is 14.2. The Morgan fingerprint density at radius 2 is 1.41 bits per heavy atom. The van der Waals surface area contributed by atoms with Gasteiger partial charge in [0, 0.05) is 16.7 Å². The molecule has 2 aromatic heterocycles. The Labute approximate surface area is 178 Å². The van der Waals surface area contributed by atoms with E-state index in [0.29, 0.717) is 5.76 Å². The first kappa shape index (κ1) is 18.6. The van der Waals surface area contributed by atoms with Gasteiger partial charge in [-0.1, -0.05) is 65.7 Å². The average molecular weight is 435 g/mol. The van der Waals surface area contributed by atoms with E-state index in [2.05, 4.69) is 68.4 Å². The monoisotopic (exact) mass is 434 g/mol. The average Bonchev–Trinajstić information content (AvgIpc) is 3.42. The minimum atomic E-state index is -3.18. The van der Waals surface area contributed by atoms with Crippen molar-refractivity contribution >= 4 is 50.6 Å². The zero-order chi connectivity index (χ0) is 20.0. The Balaban J connectivity index is 1.81. The van der Waals surface area contributed by atoms with Gasteiger partial charge >= 0.3 is 7.37 Å². The SMILES string of the molecule is Cc1ccc(C2=C(c3ccc(C)cc3)c3ccsc3P(=O)(c3cccs3)O2)cc1. The van der Waals surface area contributed by atoms with Crippen LogP contribution >= 0.6 is 30.0 Å². The van der Waals surface area contributed by atoms with E-state index in [1.54, 1.807) is 0 Å². The summed E-state index contributed by atoms with van der Waals surface area (Å²) >= 11 is 3.01. The third kappa shape index (κ3) is 3.12. The molecule has 3 heterocycles. The summed E-state index contributed by atoms with van der Waals surface area (Å²) in [4.78, 5) is 0. The summed E-state index contributed by atoms with van der Waals surface area (Å²) in [6, 6.07) is 22.6. The normalized spacial score (nSPS) is 18.4. The molecule has 4 aromatic rings. The smallest absolute Gasteiger partial charge is 0.326 e. The van der Waals surface area contributed by atoms with E-state index in [9.17, 15) is 4.57 Å². The molecule has 2 aromatic carbocycles. The van der Waals surface area contributed by atoms with Crippen molar-refractivity contribution in [3.8, 4) is 0 Å². The van der Waals surface area contributed by atoms with Gasteiger partial charge < -0.3 is 4.52 Å². The molecule has 0 radical (unpaired) electrons. The van der Waals surface area contributed by atoms with Crippen LogP contribution in [0.25, 0.3) is 11.3 Å². The van der Waals surface area contributed by atoms with Crippen molar-refractivity contribution in [2.45, 2.75) is 13.8 Å². The molecule has 1 unspecified atom stereocenters. The predicted octanol–water partition coefficient (Wildman–Crippen LogP) is 6.60. The van der Waals surface area contributed by atoms with Gasteiger partial charge in [0.15, 0.2) is 0 Å². The molecular formula is C24H19O2PS2. The molecule has 0 bridgehead atoms. The van der Waals surface area contributed by atoms with Crippen LogP contribution in [-0.4, -0.2) is 0 Å². The summed E-state index contributed by atoms with van der Waals surface area (Å²) in [5.41, 5.74) is 6.42. The van der Waals surface area contributed by atoms with E-state index in [4.69, 9.17) is 4.52 Å². The molecule has 1 atom stereocenters. The Morgan fingerprint density at radius 3 is 2.03 bits per heavy atom. The molecule has 144 valence electrons. The number of aryl methyl sites for hydroxylation is 2. The molecule has 0 aliphatic carbocycles. The Bertz CT molecular complexity index is 1250. The van der Waals surface area contributed by atoms with E-state index in [1.165, 1.54) is 33.8 Å². The molecule has 1 aliphatic heterocycles. The second-order valence-corrected chi connectivity index (χ2v) is 11.9. The maximum absolute atomic E-state index is 14.2. The third-order valence-electron chi connectivity index (χ3n) is 5.08. The van der Waals surface area contributed by atoms with Gasteiger partial charge in [-0.2, -0.15) is 0 Å². The van der Waals surface area contributed by atoms with E-state index >= 15 is 0 Å². The first-order chi connectivity index (χ1) is 14.1. The van der Waals surface area contributed by atoms with Gasteiger partial charge in [0.2, 0.25) is 0 Å². The molecule has 0 amide bonds. The van der Waals surface area contributed by atoms with E-state index in [1.807, 2.05) is 22.9 Å². The summed E-state index contributed by atoms with van der Waals surface area (Å²) in [5.74, 6) is 0.691. The molecule has 1 aliphatic rings. The van der Waals surface area contributed by atoms with Gasteiger partial charge in [-0.05, 0) is 42.3 Å². The number of fused-ring (bicyclic) bond motifs is 1. The molecule has 0 saturated carbocycles. The lowest BCUT2D eigenvalue weighted by molar-refractivity contribution is 0.481. The van der Waals surface area contributed by atoms with Crippen molar-refractivity contribution in [3.63, 3.8) is 0 Å². The lowest BCUT2D eigenvalue weighted by Crippen LogP contribution is -2.21. The summed E-state index contributed by atoms with van der Waals surface area (Å²) in [7, 11) is -3.18. The highest BCUT2D eigenvalue weighted by molar-refractivity contribution is 7.83. The zero-order valence-corrected chi connectivity index (χ0v) is 18.6. The number of hydrogen-bond acceptors (Lipinski definition) is 4. The van der Waals surface area contributed by atoms with Crippen LogP contribution in [0.1, 0.15) is 27.8 Å². The fourth-order valence-corrected chi connectivity index (χ4v) is 8.69. The molecule has 29 heavy (non-hydrogen) atoms. The number of hydrogen-bond donors (Lipinski definition) is 0. The van der Waals surface area contributed by atoms with Gasteiger partial charge in [-0.25, -0.2) is 0 Å². The number of rotatable bonds is 3. The second-order valence-electron chi connectivity index (χ2n) is 7.17. The van der Waals surface area contributed by atoms with Gasteiger partial charge in [0.05, 0.1) is 0 Å². The van der Waals surface area contributed by atoms with Crippen molar-refractivity contribution in [1.29, 1.82) is 0 Å². The second kappa shape index (κ2) is 7.14. The van der Waals surface area contributed by atoms with Crippen LogP contribution in [-0.2, 0) is 9.09 Å². The number of thiophene rings is 2. The van der Waals surface area contributed by atoms with Crippen LogP contribution in [0.5, 0.6) is 0 Å². The topological polar surface area (TPSA) is 26.3 Å². The molecule has 0 saturated heterocycles. The standard InChI is InChI=1S/C24H19O2PS2/c1-16-5-9-18(10-6-16)22-20-13-15-29-24(20)27(25,21-4-3-14-28-21)26-23(22)19-11-7-17(2)8-12-19/h3-15H,1-2H3. The minimum absolute atomic E-state index is 0.691. The fourth-order valence-electron chi connectivity index (χ4n) is 3.55. The third-order valence-corrected chi connectivity index (χ3v) is 10.5. The van der Waals surface area contributed by atoms with Crippen molar-refractivity contribution in [2.24, 2.45) is 0 Å². The zero-order valence-electron chi connectivity index (χ0n) is 16.1. The van der Waals surface area contributed by atoms with E-state index < -0.39 is 7.37 Å². The molecule has 0 fully saturated rings. The van der Waals surface area contributed by atoms with Crippen LogP contribution in [0.15, 0.2) is 77.5 Å². The lowest BCUT2D eigenvalue weighted by atomic mass is 9.95. The van der Waals surface area contributed by atoms with Gasteiger partial charge in [0.1, 0.15) is 15.0 Å². The first-order valence-electron chi connectivity index (χ1n) is 9.37. The van der Waals surface area contributed by atoms with Crippen LogP contribution in [0, 0.1) is 13.8 Å². The molecule has 0 N–H and O–H groups in total. The first-order valence-corrected chi connectivity index (χ1v) is 12.8. The van der Waals surface area contributed by atoms with Crippen molar-refractivity contribution in [2.75, 3.05) is 0 Å². The highest BCUT2D eigenvalue weighted by Crippen LogP contribution is 2.58. The largest absolute Gasteiger partial charge is 0.435 e.